The van der Waals surface area contributed by atoms with E-state index in [2.05, 4.69) is 15.5 Å². The largest absolute Gasteiger partial charge is 0.508 e. The Morgan fingerprint density at radius 2 is 2.18 bits per heavy atom. The van der Waals surface area contributed by atoms with Crippen LogP contribution in [-0.2, 0) is 11.3 Å². The number of phenolic OH excluding ortho intramolecular Hbond substituents is 1. The third kappa shape index (κ3) is 3.66. The van der Waals surface area contributed by atoms with Crippen LogP contribution in [0.2, 0.25) is 0 Å². The molecule has 2 N–H and O–H groups in total. The van der Waals surface area contributed by atoms with Crippen LogP contribution in [-0.4, -0.2) is 31.7 Å². The van der Waals surface area contributed by atoms with Crippen LogP contribution < -0.4 is 5.43 Å². The highest BCUT2D eigenvalue weighted by Gasteiger charge is 2.19. The van der Waals surface area contributed by atoms with Crippen LogP contribution in [0.1, 0.15) is 11.4 Å². The Labute approximate surface area is 125 Å². The smallest absolute Gasteiger partial charge is 0.343 e. The van der Waals surface area contributed by atoms with Crippen molar-refractivity contribution in [2.45, 2.75) is 13.5 Å². The fourth-order valence-electron chi connectivity index (χ4n) is 1.72. The van der Waals surface area contributed by atoms with E-state index in [1.165, 1.54) is 22.9 Å². The van der Waals surface area contributed by atoms with Gasteiger partial charge in [-0.05, 0) is 34.8 Å². The summed E-state index contributed by atoms with van der Waals surface area (Å²) in [7, 11) is 0. The number of nitro groups is 1. The Balaban J connectivity index is 1.97. The van der Waals surface area contributed by atoms with Crippen LogP contribution in [0.5, 0.6) is 5.75 Å². The van der Waals surface area contributed by atoms with Crippen molar-refractivity contribution in [1.29, 1.82) is 0 Å². The second-order valence-electron chi connectivity index (χ2n) is 4.39. The van der Waals surface area contributed by atoms with E-state index < -0.39 is 10.8 Å². The molecule has 0 atom stereocenters. The standard InChI is InChI=1S/C13H13N5O4/c1-9-14-7-13(18(21)22)17(9)8-12(20)16-15-6-10-2-4-11(19)5-3-10/h2-7,19H,8H2,1H3,(H,16,20)/b15-6+. The number of aromatic hydroxyl groups is 1. The van der Waals surface area contributed by atoms with E-state index in [1.54, 1.807) is 19.1 Å². The Hall–Kier alpha value is -3.23. The number of benzene rings is 1. The average molecular weight is 303 g/mol. The van der Waals surface area contributed by atoms with Gasteiger partial charge in [0.15, 0.2) is 12.4 Å². The van der Waals surface area contributed by atoms with Gasteiger partial charge in [0, 0.05) is 6.92 Å². The number of hydrazone groups is 1. The van der Waals surface area contributed by atoms with Gasteiger partial charge in [-0.1, -0.05) is 0 Å². The summed E-state index contributed by atoms with van der Waals surface area (Å²) in [6.45, 7) is 1.31. The van der Waals surface area contributed by atoms with Gasteiger partial charge in [-0.2, -0.15) is 5.10 Å². The molecule has 0 unspecified atom stereocenters. The Bertz CT molecular complexity index is 721. The maximum Gasteiger partial charge on any atom is 0.343 e. The molecule has 1 aromatic heterocycles. The monoisotopic (exact) mass is 303 g/mol. The SMILES string of the molecule is Cc1ncc([N+](=O)[O-])n1CC(=O)N/N=C/c1ccc(O)cc1. The number of aryl methyl sites for hydroxylation is 1. The Morgan fingerprint density at radius 3 is 2.82 bits per heavy atom. The number of imidazole rings is 1. The van der Waals surface area contributed by atoms with E-state index in [9.17, 15) is 14.9 Å². The van der Waals surface area contributed by atoms with Crippen LogP contribution in [0.25, 0.3) is 0 Å². The summed E-state index contributed by atoms with van der Waals surface area (Å²) in [6, 6.07) is 6.22. The van der Waals surface area contributed by atoms with Crippen LogP contribution >= 0.6 is 0 Å². The molecule has 2 aromatic rings. The van der Waals surface area contributed by atoms with Gasteiger partial charge in [0.1, 0.15) is 11.9 Å². The zero-order chi connectivity index (χ0) is 16.1. The second kappa shape index (κ2) is 6.48. The molecule has 114 valence electrons. The molecule has 0 aliphatic heterocycles. The average Bonchev–Trinajstić information content (AvgIpc) is 2.82. The van der Waals surface area contributed by atoms with Gasteiger partial charge in [0.05, 0.1) is 6.21 Å². The highest BCUT2D eigenvalue weighted by Crippen LogP contribution is 2.13. The van der Waals surface area contributed by atoms with Crippen molar-refractivity contribution >= 4 is 17.9 Å². The zero-order valence-electron chi connectivity index (χ0n) is 11.6. The predicted octanol–water partition coefficient (Wildman–Crippen LogP) is 0.956. The third-order valence-corrected chi connectivity index (χ3v) is 2.82. The molecule has 0 bridgehead atoms. The highest BCUT2D eigenvalue weighted by molar-refractivity contribution is 5.82. The first-order chi connectivity index (χ1) is 10.5. The number of rotatable bonds is 5. The van der Waals surface area contributed by atoms with E-state index in [4.69, 9.17) is 5.11 Å². The number of nitrogens with one attached hydrogen (secondary N) is 1. The van der Waals surface area contributed by atoms with E-state index in [1.807, 2.05) is 0 Å². The quantitative estimate of drug-likeness (QED) is 0.483. The number of nitrogens with zero attached hydrogens (tertiary/aromatic N) is 4. The first-order valence-corrected chi connectivity index (χ1v) is 6.25. The molecule has 0 spiro atoms. The number of hydrogen-bond acceptors (Lipinski definition) is 6. The van der Waals surface area contributed by atoms with E-state index >= 15 is 0 Å². The molecule has 0 fully saturated rings. The van der Waals surface area contributed by atoms with Crippen molar-refractivity contribution in [1.82, 2.24) is 15.0 Å². The normalized spacial score (nSPS) is 10.8. The van der Waals surface area contributed by atoms with Crippen LogP contribution in [0, 0.1) is 17.0 Å². The number of amides is 1. The minimum atomic E-state index is -0.604. The summed E-state index contributed by atoms with van der Waals surface area (Å²) in [5.74, 6) is -0.275. The summed E-state index contributed by atoms with van der Waals surface area (Å²) < 4.78 is 1.19. The summed E-state index contributed by atoms with van der Waals surface area (Å²) >= 11 is 0. The summed E-state index contributed by atoms with van der Waals surface area (Å²) in [6.07, 6.45) is 2.49. The predicted molar refractivity (Wildman–Crippen MR) is 77.5 cm³/mol. The lowest BCUT2D eigenvalue weighted by atomic mass is 10.2. The van der Waals surface area contributed by atoms with Gasteiger partial charge in [-0.15, -0.1) is 0 Å². The van der Waals surface area contributed by atoms with Gasteiger partial charge in [-0.25, -0.2) is 15.0 Å². The molecule has 0 saturated carbocycles. The van der Waals surface area contributed by atoms with Crippen molar-refractivity contribution in [3.63, 3.8) is 0 Å². The van der Waals surface area contributed by atoms with Crippen molar-refractivity contribution in [2.24, 2.45) is 5.10 Å². The summed E-state index contributed by atoms with van der Waals surface area (Å²) in [4.78, 5) is 25.8. The molecule has 1 heterocycles. The molecule has 9 heteroatoms. The van der Waals surface area contributed by atoms with Crippen LogP contribution in [0.3, 0.4) is 0 Å². The maximum absolute atomic E-state index is 11.7. The topological polar surface area (TPSA) is 123 Å². The molecule has 1 amide bonds. The van der Waals surface area contributed by atoms with Crippen molar-refractivity contribution in [3.05, 3.63) is 52.0 Å². The number of carbonyl (C=O) groups excluding carboxylic acids is 1. The van der Waals surface area contributed by atoms with Crippen molar-refractivity contribution in [2.75, 3.05) is 0 Å². The van der Waals surface area contributed by atoms with Crippen molar-refractivity contribution in [3.8, 4) is 5.75 Å². The fraction of sp³-hybridized carbons (Fsp3) is 0.154. The minimum Gasteiger partial charge on any atom is -0.508 e. The van der Waals surface area contributed by atoms with Gasteiger partial charge >= 0.3 is 5.82 Å². The highest BCUT2D eigenvalue weighted by atomic mass is 16.6. The lowest BCUT2D eigenvalue weighted by Gasteiger charge is -2.01. The van der Waals surface area contributed by atoms with Crippen molar-refractivity contribution < 1.29 is 14.8 Å². The van der Waals surface area contributed by atoms with E-state index in [-0.39, 0.29) is 18.1 Å². The molecule has 9 nitrogen and oxygen atoms in total. The second-order valence-corrected chi connectivity index (χ2v) is 4.39. The molecule has 1 aromatic carbocycles. The maximum atomic E-state index is 11.7. The van der Waals surface area contributed by atoms with Gasteiger partial charge in [-0.3, -0.25) is 4.79 Å². The van der Waals surface area contributed by atoms with Gasteiger partial charge in [0.25, 0.3) is 5.91 Å². The zero-order valence-corrected chi connectivity index (χ0v) is 11.6. The van der Waals surface area contributed by atoms with E-state index in [0.29, 0.717) is 11.4 Å². The summed E-state index contributed by atoms with van der Waals surface area (Å²) in [5.41, 5.74) is 2.96. The molecular formula is C13H13N5O4. The number of phenols is 1. The summed E-state index contributed by atoms with van der Waals surface area (Å²) in [5, 5.41) is 23.7. The number of carbonyl (C=O) groups is 1. The van der Waals surface area contributed by atoms with Crippen LogP contribution in [0.15, 0.2) is 35.6 Å². The number of aromatic nitrogens is 2. The van der Waals surface area contributed by atoms with E-state index in [0.717, 1.165) is 6.20 Å². The molecule has 22 heavy (non-hydrogen) atoms. The first-order valence-electron chi connectivity index (χ1n) is 6.25. The van der Waals surface area contributed by atoms with Crippen LogP contribution in [0.4, 0.5) is 5.82 Å². The Kier molecular flexibility index (Phi) is 4.47. The van der Waals surface area contributed by atoms with Gasteiger partial charge in [0.2, 0.25) is 0 Å². The Morgan fingerprint density at radius 1 is 1.50 bits per heavy atom. The molecule has 0 radical (unpaired) electrons. The molecular weight excluding hydrogens is 290 g/mol. The first kappa shape index (κ1) is 15.2. The fourth-order valence-corrected chi connectivity index (χ4v) is 1.72. The number of hydrogen-bond donors (Lipinski definition) is 2. The molecule has 0 aliphatic carbocycles. The minimum absolute atomic E-state index is 0.129. The molecule has 0 aliphatic rings. The van der Waals surface area contributed by atoms with Gasteiger partial charge < -0.3 is 15.2 Å². The molecule has 2 rings (SSSR count). The lowest BCUT2D eigenvalue weighted by Crippen LogP contribution is -2.24. The lowest BCUT2D eigenvalue weighted by molar-refractivity contribution is -0.392. The third-order valence-electron chi connectivity index (χ3n) is 2.82. The molecule has 0 saturated heterocycles.